The first-order valence-electron chi connectivity index (χ1n) is 24.1. The van der Waals surface area contributed by atoms with Gasteiger partial charge in [-0.05, 0) is 55.4 Å². The summed E-state index contributed by atoms with van der Waals surface area (Å²) >= 11 is 0. The van der Waals surface area contributed by atoms with Crippen LogP contribution in [0.4, 0.5) is 5.82 Å². The van der Waals surface area contributed by atoms with Crippen molar-refractivity contribution in [2.45, 2.75) is 201 Å². The third-order valence-electron chi connectivity index (χ3n) is 11.6. The van der Waals surface area contributed by atoms with Crippen molar-refractivity contribution in [3.8, 4) is 0 Å². The summed E-state index contributed by atoms with van der Waals surface area (Å²) < 4.78 is 7.63. The van der Waals surface area contributed by atoms with E-state index in [1.54, 1.807) is 12.1 Å². The number of hydrogen-bond donors (Lipinski definition) is 1. The molecule has 0 atom stereocenters. The first-order valence-corrected chi connectivity index (χ1v) is 24.1. The molecule has 3 rings (SSSR count). The van der Waals surface area contributed by atoms with Crippen LogP contribution in [0.3, 0.4) is 0 Å². The maximum atomic E-state index is 13.5. The number of ketones is 1. The molecule has 0 unspecified atom stereocenters. The number of hydrogen-bond acceptors (Lipinski definition) is 8. The van der Waals surface area contributed by atoms with Gasteiger partial charge < -0.3 is 14.7 Å². The number of anilines is 1. The van der Waals surface area contributed by atoms with Crippen molar-refractivity contribution in [2.24, 2.45) is 10.2 Å². The Morgan fingerprint density at radius 3 is 1.63 bits per heavy atom. The molecule has 2 heterocycles. The summed E-state index contributed by atoms with van der Waals surface area (Å²) in [6.45, 7) is 12.5. The molecular formula is C49H81N6O4+. The Morgan fingerprint density at radius 1 is 0.610 bits per heavy atom. The number of Topliss-reactive ketones (excluding diaryl/α,β-unsaturated/α-hetero) is 1. The van der Waals surface area contributed by atoms with E-state index in [0.29, 0.717) is 30.4 Å². The molecule has 1 aromatic rings. The summed E-state index contributed by atoms with van der Waals surface area (Å²) in [5.41, 5.74) is 0.993. The highest BCUT2D eigenvalue weighted by molar-refractivity contribution is 6.39. The molecule has 59 heavy (non-hydrogen) atoms. The standard InChI is InChI=1S/C49H80N6O4/c1-5-9-13-17-21-22-25-28-37-54(36-27-23-18-14-10-6-2)43-33-31-41(50-52-43)46-48(57)47(49(46)58)42-32-34-44(53-51-42)55(38-29-24-19-15-11-7-3)39-35-45(56)59-40-30-26-20-16-12-8-4/h31-34H,5-30,35-40H2,1-4H3/p+1. The van der Waals surface area contributed by atoms with Crippen molar-refractivity contribution >= 4 is 29.0 Å². The van der Waals surface area contributed by atoms with E-state index >= 15 is 0 Å². The maximum absolute atomic E-state index is 13.5. The van der Waals surface area contributed by atoms with Gasteiger partial charge in [0.25, 0.3) is 0 Å². The van der Waals surface area contributed by atoms with Gasteiger partial charge in [0.05, 0.1) is 42.4 Å². The van der Waals surface area contributed by atoms with Crippen LogP contribution in [0.15, 0.2) is 51.5 Å². The molecule has 10 nitrogen and oxygen atoms in total. The quantitative estimate of drug-likeness (QED) is 0.0313. The number of aliphatic hydroxyl groups is 1. The fourth-order valence-corrected chi connectivity index (χ4v) is 7.78. The van der Waals surface area contributed by atoms with Crippen LogP contribution in [0.1, 0.15) is 207 Å². The van der Waals surface area contributed by atoms with E-state index < -0.39 is 0 Å². The molecule has 0 aromatic carbocycles. The minimum Gasteiger partial charge on any atom is -0.506 e. The smallest absolute Gasteiger partial charge is 0.346 e. The first kappa shape index (κ1) is 49.7. The Kier molecular flexibility index (Phi) is 26.3. The van der Waals surface area contributed by atoms with Crippen molar-refractivity contribution in [1.29, 1.82) is 0 Å². The molecule has 0 saturated carbocycles. The summed E-state index contributed by atoms with van der Waals surface area (Å²) in [7, 11) is 0. The third kappa shape index (κ3) is 19.1. The largest absolute Gasteiger partial charge is 0.506 e. The Labute approximate surface area is 358 Å². The molecule has 1 aliphatic heterocycles. The highest BCUT2D eigenvalue weighted by Crippen LogP contribution is 2.38. The molecule has 0 amide bonds. The number of nitrogens with zero attached hydrogens (tertiary/aromatic N) is 6. The number of amidine groups is 1. The summed E-state index contributed by atoms with van der Waals surface area (Å²) in [6, 6.07) is 3.74. The topological polar surface area (TPSA) is 120 Å². The number of carbonyl (C=O) groups is 2. The van der Waals surface area contributed by atoms with Crippen LogP contribution in [0.25, 0.3) is 5.57 Å². The number of carbonyl (C=O) groups excluding carboxylic acids is 2. The summed E-state index contributed by atoms with van der Waals surface area (Å²) in [4.78, 5) is 28.5. The average molecular weight is 818 g/mol. The van der Waals surface area contributed by atoms with Gasteiger partial charge in [0.1, 0.15) is 17.2 Å². The fourth-order valence-electron chi connectivity index (χ4n) is 7.78. The van der Waals surface area contributed by atoms with Gasteiger partial charge in [0, 0.05) is 19.2 Å². The molecular weight excluding hydrogens is 737 g/mol. The van der Waals surface area contributed by atoms with Crippen molar-refractivity contribution in [1.82, 2.24) is 10.2 Å². The number of aromatic nitrogens is 2. The molecule has 0 radical (unpaired) electrons. The zero-order valence-corrected chi connectivity index (χ0v) is 37.8. The highest BCUT2D eigenvalue weighted by atomic mass is 16.5. The van der Waals surface area contributed by atoms with Gasteiger partial charge in [-0.3, -0.25) is 14.2 Å². The van der Waals surface area contributed by atoms with Gasteiger partial charge in [0.15, 0.2) is 5.82 Å². The number of azo groups is 1. The molecule has 10 heteroatoms. The monoisotopic (exact) mass is 818 g/mol. The van der Waals surface area contributed by atoms with Crippen molar-refractivity contribution < 1.29 is 24.0 Å². The predicted octanol–water partition coefficient (Wildman–Crippen LogP) is 13.0. The molecule has 0 bridgehead atoms. The van der Waals surface area contributed by atoms with E-state index in [1.807, 2.05) is 12.1 Å². The SMILES string of the molecule is CCCCCCCCCCN(CCCCCCCC)c1ccc(C2=C(O)/C(=C3C=C/C(=[N+](/CCCCCCCC)CCC(=O)OCCCCCCCC)N=N\3)C2=O)nn1. The molecule has 2 aliphatic rings. The van der Waals surface area contributed by atoms with Crippen molar-refractivity contribution in [2.75, 3.05) is 37.7 Å². The lowest BCUT2D eigenvalue weighted by Crippen LogP contribution is -2.28. The number of allylic oxidation sites excluding steroid dienone is 3. The lowest BCUT2D eigenvalue weighted by atomic mass is 9.84. The van der Waals surface area contributed by atoms with E-state index in [-0.39, 0.29) is 35.1 Å². The Morgan fingerprint density at radius 2 is 1.14 bits per heavy atom. The Balaban J connectivity index is 1.65. The van der Waals surface area contributed by atoms with E-state index in [4.69, 9.17) is 4.74 Å². The minimum absolute atomic E-state index is 0.126. The minimum atomic E-state index is -0.313. The lowest BCUT2D eigenvalue weighted by Gasteiger charge is -2.24. The number of esters is 1. The fraction of sp³-hybridized carbons (Fsp3) is 0.735. The predicted molar refractivity (Wildman–Crippen MR) is 243 cm³/mol. The van der Waals surface area contributed by atoms with Crippen LogP contribution in [0.2, 0.25) is 0 Å². The molecule has 330 valence electrons. The lowest BCUT2D eigenvalue weighted by molar-refractivity contribution is -0.527. The number of rotatable bonds is 35. The molecule has 0 fully saturated rings. The van der Waals surface area contributed by atoms with E-state index in [2.05, 4.69) is 57.6 Å². The van der Waals surface area contributed by atoms with Crippen LogP contribution in [0.5, 0.6) is 0 Å². The van der Waals surface area contributed by atoms with Gasteiger partial charge in [0.2, 0.25) is 5.78 Å². The number of aliphatic hydroxyl groups excluding tert-OH is 1. The zero-order valence-electron chi connectivity index (χ0n) is 37.8. The van der Waals surface area contributed by atoms with Crippen molar-refractivity contribution in [3.63, 3.8) is 0 Å². The molecule has 1 N–H and O–H groups in total. The third-order valence-corrected chi connectivity index (χ3v) is 11.6. The average Bonchev–Trinajstić information content (AvgIpc) is 3.25. The van der Waals surface area contributed by atoms with Crippen LogP contribution in [-0.2, 0) is 14.3 Å². The van der Waals surface area contributed by atoms with Crippen LogP contribution in [-0.4, -0.2) is 70.3 Å². The van der Waals surface area contributed by atoms with Gasteiger partial charge in [-0.1, -0.05) is 163 Å². The number of unbranched alkanes of at least 4 members (excludes halogenated alkanes) is 22. The summed E-state index contributed by atoms with van der Waals surface area (Å²) in [5.74, 6) is 0.824. The maximum Gasteiger partial charge on any atom is 0.346 e. The van der Waals surface area contributed by atoms with Crippen molar-refractivity contribution in [3.05, 3.63) is 47.0 Å². The Hall–Kier alpha value is -3.69. The van der Waals surface area contributed by atoms with E-state index in [9.17, 15) is 14.7 Å². The van der Waals surface area contributed by atoms with Crippen LogP contribution in [0, 0.1) is 0 Å². The van der Waals surface area contributed by atoms with Crippen LogP contribution >= 0.6 is 0 Å². The van der Waals surface area contributed by atoms with Gasteiger partial charge in [-0.2, -0.15) is 0 Å². The summed E-state index contributed by atoms with van der Waals surface area (Å²) in [6.07, 6.45) is 35.3. The second-order valence-electron chi connectivity index (χ2n) is 16.7. The van der Waals surface area contributed by atoms with Crippen LogP contribution < -0.4 is 4.90 Å². The molecule has 0 saturated heterocycles. The second-order valence-corrected chi connectivity index (χ2v) is 16.7. The highest BCUT2D eigenvalue weighted by Gasteiger charge is 2.39. The molecule has 1 aromatic heterocycles. The summed E-state index contributed by atoms with van der Waals surface area (Å²) in [5, 5.41) is 29.0. The van der Waals surface area contributed by atoms with E-state index in [0.717, 1.165) is 64.0 Å². The van der Waals surface area contributed by atoms with Gasteiger partial charge in [-0.25, -0.2) is 0 Å². The van der Waals surface area contributed by atoms with Gasteiger partial charge in [-0.15, -0.1) is 10.2 Å². The second kappa shape index (κ2) is 31.2. The first-order chi connectivity index (χ1) is 28.9. The number of ether oxygens (including phenoxy) is 1. The normalized spacial score (nSPS) is 15.9. The molecule has 0 spiro atoms. The zero-order chi connectivity index (χ0) is 42.3. The molecule has 1 aliphatic carbocycles. The van der Waals surface area contributed by atoms with Gasteiger partial charge >= 0.3 is 11.8 Å². The van der Waals surface area contributed by atoms with E-state index in [1.165, 1.54) is 128 Å². The Bertz CT molecular complexity index is 1490.